The molecule has 0 N–H and O–H groups in total. The molecule has 2 aromatic rings. The van der Waals surface area contributed by atoms with E-state index in [2.05, 4.69) is 43.0 Å². The van der Waals surface area contributed by atoms with E-state index in [-0.39, 0.29) is 11.9 Å². The van der Waals surface area contributed by atoms with E-state index in [1.54, 1.807) is 4.90 Å². The van der Waals surface area contributed by atoms with Crippen molar-refractivity contribution in [2.45, 2.75) is 26.8 Å². The van der Waals surface area contributed by atoms with E-state index in [1.807, 2.05) is 43.3 Å². The van der Waals surface area contributed by atoms with Gasteiger partial charge in [0.05, 0.1) is 10.9 Å². The number of amides is 1. The zero-order chi connectivity index (χ0) is 19.4. The molecule has 0 saturated carbocycles. The smallest absolute Gasteiger partial charge is 0.266 e. The zero-order valence-electron chi connectivity index (χ0n) is 15.9. The van der Waals surface area contributed by atoms with Crippen LogP contribution in [0.25, 0.3) is 6.08 Å². The lowest BCUT2D eigenvalue weighted by Crippen LogP contribution is -2.30. The summed E-state index contributed by atoms with van der Waals surface area (Å²) in [6.07, 6.45) is 1.93. The Labute approximate surface area is 171 Å². The molecule has 140 valence electrons. The molecule has 27 heavy (non-hydrogen) atoms. The summed E-state index contributed by atoms with van der Waals surface area (Å²) in [5, 5.41) is 0. The Morgan fingerprint density at radius 3 is 2.30 bits per heavy atom. The topological polar surface area (TPSA) is 23.6 Å². The Morgan fingerprint density at radius 2 is 1.70 bits per heavy atom. The maximum atomic E-state index is 12.9. The first kappa shape index (κ1) is 19.6. The predicted molar refractivity (Wildman–Crippen MR) is 120 cm³/mol. The molecule has 0 aromatic heterocycles. The highest BCUT2D eigenvalue weighted by molar-refractivity contribution is 8.26. The molecule has 0 spiro atoms. The third-order valence-electron chi connectivity index (χ3n) is 4.81. The number of thioether (sulfide) groups is 1. The van der Waals surface area contributed by atoms with E-state index in [0.717, 1.165) is 24.2 Å². The van der Waals surface area contributed by atoms with Crippen molar-refractivity contribution in [2.75, 3.05) is 18.0 Å². The molecule has 1 fully saturated rings. The normalized spacial score (nSPS) is 16.9. The van der Waals surface area contributed by atoms with Gasteiger partial charge in [-0.15, -0.1) is 0 Å². The summed E-state index contributed by atoms with van der Waals surface area (Å²) in [4.78, 5) is 17.6. The monoisotopic (exact) mass is 396 g/mol. The predicted octanol–water partition coefficient (Wildman–Crippen LogP) is 5.50. The number of anilines is 1. The summed E-state index contributed by atoms with van der Waals surface area (Å²) < 4.78 is 0.613. The minimum absolute atomic E-state index is 0.0193. The van der Waals surface area contributed by atoms with Crippen molar-refractivity contribution in [1.82, 2.24) is 4.90 Å². The molecule has 1 atom stereocenters. The van der Waals surface area contributed by atoms with Crippen LogP contribution in [0.5, 0.6) is 0 Å². The molecule has 2 aromatic carbocycles. The van der Waals surface area contributed by atoms with Gasteiger partial charge in [0.2, 0.25) is 0 Å². The summed E-state index contributed by atoms with van der Waals surface area (Å²) in [7, 11) is 0. The molecule has 3 nitrogen and oxygen atoms in total. The van der Waals surface area contributed by atoms with Crippen LogP contribution in [0.3, 0.4) is 0 Å². The molecular formula is C22H24N2OS2. The van der Waals surface area contributed by atoms with Crippen LogP contribution >= 0.6 is 24.0 Å². The average molecular weight is 397 g/mol. The number of rotatable bonds is 6. The minimum Gasteiger partial charge on any atom is -0.372 e. The van der Waals surface area contributed by atoms with Crippen molar-refractivity contribution in [2.24, 2.45) is 0 Å². The van der Waals surface area contributed by atoms with Gasteiger partial charge in [-0.25, -0.2) is 0 Å². The fourth-order valence-corrected chi connectivity index (χ4v) is 4.63. The van der Waals surface area contributed by atoms with Crippen LogP contribution in [0.1, 0.15) is 37.9 Å². The van der Waals surface area contributed by atoms with E-state index in [1.165, 1.54) is 17.4 Å². The molecule has 3 rings (SSSR count). The Balaban J connectivity index is 1.80. The highest BCUT2D eigenvalue weighted by atomic mass is 32.2. The van der Waals surface area contributed by atoms with Gasteiger partial charge in [-0.05, 0) is 50.1 Å². The standard InChI is InChI=1S/C22H24N2OS2/c1-4-23(5-2)19-13-11-17(12-14-19)15-20-21(25)24(22(26)27-20)16(3)18-9-7-6-8-10-18/h6-16H,4-5H2,1-3H3/b20-15-/t16-/m0/s1. The van der Waals surface area contributed by atoms with Gasteiger partial charge < -0.3 is 4.90 Å². The Hall–Kier alpha value is -2.11. The van der Waals surface area contributed by atoms with E-state index in [4.69, 9.17) is 12.2 Å². The second-order valence-electron chi connectivity index (χ2n) is 6.40. The summed E-state index contributed by atoms with van der Waals surface area (Å²) in [5.41, 5.74) is 3.29. The van der Waals surface area contributed by atoms with Gasteiger partial charge >= 0.3 is 0 Å². The van der Waals surface area contributed by atoms with Crippen LogP contribution in [0.2, 0.25) is 0 Å². The Morgan fingerprint density at radius 1 is 1.07 bits per heavy atom. The fourth-order valence-electron chi connectivity index (χ4n) is 3.22. The van der Waals surface area contributed by atoms with Crippen molar-refractivity contribution >= 4 is 46.0 Å². The first-order valence-electron chi connectivity index (χ1n) is 9.22. The van der Waals surface area contributed by atoms with E-state index in [0.29, 0.717) is 9.23 Å². The first-order valence-corrected chi connectivity index (χ1v) is 10.4. The third-order valence-corrected chi connectivity index (χ3v) is 6.14. The van der Waals surface area contributed by atoms with Crippen LogP contribution in [0, 0.1) is 0 Å². The van der Waals surface area contributed by atoms with Crippen LogP contribution in [0.15, 0.2) is 59.5 Å². The van der Waals surface area contributed by atoms with Gasteiger partial charge in [-0.2, -0.15) is 0 Å². The number of carbonyl (C=O) groups is 1. The lowest BCUT2D eigenvalue weighted by Gasteiger charge is -2.23. The molecule has 1 aliphatic heterocycles. The lowest BCUT2D eigenvalue weighted by molar-refractivity contribution is -0.123. The molecule has 1 aliphatic rings. The fraction of sp³-hybridized carbons (Fsp3) is 0.273. The van der Waals surface area contributed by atoms with Crippen molar-refractivity contribution in [3.05, 3.63) is 70.6 Å². The number of thiocarbonyl (C=S) groups is 1. The van der Waals surface area contributed by atoms with Crippen LogP contribution in [-0.4, -0.2) is 28.2 Å². The van der Waals surface area contributed by atoms with Gasteiger partial charge in [0.15, 0.2) is 0 Å². The number of benzene rings is 2. The summed E-state index contributed by atoms with van der Waals surface area (Å²) in [5.74, 6) is -0.0193. The van der Waals surface area contributed by atoms with Crippen LogP contribution in [0.4, 0.5) is 5.69 Å². The third kappa shape index (κ3) is 4.25. The second-order valence-corrected chi connectivity index (χ2v) is 8.08. The molecule has 0 bridgehead atoms. The zero-order valence-corrected chi connectivity index (χ0v) is 17.5. The van der Waals surface area contributed by atoms with E-state index < -0.39 is 0 Å². The summed E-state index contributed by atoms with van der Waals surface area (Å²) in [6.45, 7) is 8.27. The Kier molecular flexibility index (Phi) is 6.34. The van der Waals surface area contributed by atoms with Crippen molar-refractivity contribution < 1.29 is 4.79 Å². The van der Waals surface area contributed by atoms with Gasteiger partial charge in [0.1, 0.15) is 4.32 Å². The highest BCUT2D eigenvalue weighted by Gasteiger charge is 2.35. The largest absolute Gasteiger partial charge is 0.372 e. The molecule has 0 unspecified atom stereocenters. The molecule has 1 amide bonds. The van der Waals surface area contributed by atoms with Crippen LogP contribution in [-0.2, 0) is 4.79 Å². The van der Waals surface area contributed by atoms with Gasteiger partial charge in [-0.1, -0.05) is 66.4 Å². The maximum Gasteiger partial charge on any atom is 0.266 e. The molecular weight excluding hydrogens is 372 g/mol. The molecule has 1 heterocycles. The van der Waals surface area contributed by atoms with Gasteiger partial charge in [0, 0.05) is 18.8 Å². The van der Waals surface area contributed by atoms with Crippen LogP contribution < -0.4 is 4.90 Å². The number of carbonyl (C=O) groups excluding carboxylic acids is 1. The van der Waals surface area contributed by atoms with Crippen molar-refractivity contribution in [3.63, 3.8) is 0 Å². The first-order chi connectivity index (χ1) is 13.0. The van der Waals surface area contributed by atoms with E-state index in [9.17, 15) is 4.79 Å². The van der Waals surface area contributed by atoms with Gasteiger partial charge in [-0.3, -0.25) is 9.69 Å². The minimum atomic E-state index is -0.0744. The number of nitrogens with zero attached hydrogens (tertiary/aromatic N) is 2. The number of hydrogen-bond acceptors (Lipinski definition) is 4. The summed E-state index contributed by atoms with van der Waals surface area (Å²) >= 11 is 6.87. The van der Waals surface area contributed by atoms with Gasteiger partial charge in [0.25, 0.3) is 5.91 Å². The second kappa shape index (κ2) is 8.72. The Bertz CT molecular complexity index is 842. The van der Waals surface area contributed by atoms with E-state index >= 15 is 0 Å². The molecule has 0 aliphatic carbocycles. The summed E-state index contributed by atoms with van der Waals surface area (Å²) in [6, 6.07) is 18.2. The lowest BCUT2D eigenvalue weighted by atomic mass is 10.1. The quantitative estimate of drug-likeness (QED) is 0.475. The highest BCUT2D eigenvalue weighted by Crippen LogP contribution is 2.38. The molecule has 1 saturated heterocycles. The SMILES string of the molecule is CCN(CC)c1ccc(/C=C2\SC(=S)N([C@@H](C)c3ccccc3)C2=O)cc1. The van der Waals surface area contributed by atoms with Crippen molar-refractivity contribution in [1.29, 1.82) is 0 Å². The van der Waals surface area contributed by atoms with Crippen molar-refractivity contribution in [3.8, 4) is 0 Å². The average Bonchev–Trinajstić information content (AvgIpc) is 2.97. The molecule has 0 radical (unpaired) electrons. The molecule has 5 heteroatoms. The maximum absolute atomic E-state index is 12.9. The number of hydrogen-bond donors (Lipinski definition) is 0.